The summed E-state index contributed by atoms with van der Waals surface area (Å²) in [6.45, 7) is 8.75. The van der Waals surface area contributed by atoms with Crippen LogP contribution < -0.4 is 5.63 Å². The third-order valence-corrected chi connectivity index (χ3v) is 3.87. The molecule has 3 rings (SSSR count). The van der Waals surface area contributed by atoms with Gasteiger partial charge in [-0.25, -0.2) is 4.79 Å². The van der Waals surface area contributed by atoms with Gasteiger partial charge in [-0.3, -0.25) is 4.90 Å². The first-order valence-electron chi connectivity index (χ1n) is 7.42. The van der Waals surface area contributed by atoms with E-state index in [9.17, 15) is 4.79 Å². The van der Waals surface area contributed by atoms with Crippen molar-refractivity contribution in [3.63, 3.8) is 0 Å². The highest BCUT2D eigenvalue weighted by Crippen LogP contribution is 2.21. The van der Waals surface area contributed by atoms with Crippen LogP contribution >= 0.6 is 0 Å². The van der Waals surface area contributed by atoms with Gasteiger partial charge in [-0.15, -0.1) is 0 Å². The highest BCUT2D eigenvalue weighted by atomic mass is 16.5. The molecule has 1 saturated heterocycles. The molecule has 1 aliphatic heterocycles. The number of ether oxygens (including phenoxy) is 1. The van der Waals surface area contributed by atoms with E-state index in [1.165, 1.54) is 5.56 Å². The fourth-order valence-electron chi connectivity index (χ4n) is 3.13. The van der Waals surface area contributed by atoms with E-state index in [-0.39, 0.29) is 17.8 Å². The fourth-order valence-corrected chi connectivity index (χ4v) is 3.13. The lowest BCUT2D eigenvalue weighted by Gasteiger charge is -2.35. The minimum Gasteiger partial charge on any atom is -0.423 e. The largest absolute Gasteiger partial charge is 0.423 e. The zero-order valence-electron chi connectivity index (χ0n) is 12.8. The van der Waals surface area contributed by atoms with E-state index in [2.05, 4.69) is 24.8 Å². The van der Waals surface area contributed by atoms with Crippen LogP contribution in [0, 0.1) is 6.92 Å². The molecule has 0 amide bonds. The molecule has 1 aromatic heterocycles. The molecular weight excluding hydrogens is 266 g/mol. The fraction of sp³-hybridized carbons (Fsp3) is 0.471. The van der Waals surface area contributed by atoms with Crippen molar-refractivity contribution in [2.45, 2.75) is 39.5 Å². The Kier molecular flexibility index (Phi) is 3.83. The topological polar surface area (TPSA) is 42.7 Å². The normalized spacial score (nSPS) is 23.6. The Morgan fingerprint density at radius 2 is 1.90 bits per heavy atom. The molecule has 1 aliphatic rings. The van der Waals surface area contributed by atoms with Crippen molar-refractivity contribution in [3.8, 4) is 0 Å². The van der Waals surface area contributed by atoms with Crippen LogP contribution in [0.2, 0.25) is 0 Å². The van der Waals surface area contributed by atoms with Crippen LogP contribution in [-0.2, 0) is 11.3 Å². The van der Waals surface area contributed by atoms with E-state index in [1.807, 2.05) is 19.1 Å². The number of hydrogen-bond donors (Lipinski definition) is 0. The van der Waals surface area contributed by atoms with Crippen LogP contribution in [-0.4, -0.2) is 30.2 Å². The maximum atomic E-state index is 11.7. The van der Waals surface area contributed by atoms with Gasteiger partial charge in [0.1, 0.15) is 5.58 Å². The highest BCUT2D eigenvalue weighted by Gasteiger charge is 2.22. The Morgan fingerprint density at radius 1 is 1.19 bits per heavy atom. The summed E-state index contributed by atoms with van der Waals surface area (Å²) in [7, 11) is 0. The number of morpholine rings is 1. The van der Waals surface area contributed by atoms with Gasteiger partial charge in [0.15, 0.2) is 0 Å². The Bertz CT molecular complexity index is 697. The summed E-state index contributed by atoms with van der Waals surface area (Å²) in [5.41, 5.74) is 2.58. The van der Waals surface area contributed by atoms with Gasteiger partial charge in [0.2, 0.25) is 0 Å². The second-order valence-electron chi connectivity index (χ2n) is 6.04. The maximum Gasteiger partial charge on any atom is 0.336 e. The van der Waals surface area contributed by atoms with E-state index < -0.39 is 0 Å². The van der Waals surface area contributed by atoms with Crippen molar-refractivity contribution >= 4 is 11.0 Å². The number of rotatable bonds is 2. The minimum atomic E-state index is -0.282. The third kappa shape index (κ3) is 3.17. The quantitative estimate of drug-likeness (QED) is 0.797. The van der Waals surface area contributed by atoms with Gasteiger partial charge in [0.05, 0.1) is 12.2 Å². The first kappa shape index (κ1) is 14.3. The second kappa shape index (κ2) is 5.62. The monoisotopic (exact) mass is 287 g/mol. The number of aryl methyl sites for hydroxylation is 1. The zero-order chi connectivity index (χ0) is 15.0. The number of benzene rings is 1. The second-order valence-corrected chi connectivity index (χ2v) is 6.04. The Balaban J connectivity index is 1.96. The molecule has 1 aromatic carbocycles. The first-order chi connectivity index (χ1) is 10.0. The van der Waals surface area contributed by atoms with E-state index in [0.717, 1.165) is 30.6 Å². The van der Waals surface area contributed by atoms with Crippen molar-refractivity contribution in [1.82, 2.24) is 4.90 Å². The molecule has 2 aromatic rings. The molecule has 4 heteroatoms. The molecule has 0 bridgehead atoms. The van der Waals surface area contributed by atoms with Crippen LogP contribution in [0.3, 0.4) is 0 Å². The standard InChI is InChI=1S/C17H21NO3/c1-11-4-5-16-15(6-11)14(7-17(19)21-16)10-18-8-12(2)20-13(3)9-18/h4-7,12-13H,8-10H2,1-3H3/t12-,13-/m1/s1. The molecular formula is C17H21NO3. The molecule has 1 fully saturated rings. The van der Waals surface area contributed by atoms with Crippen molar-refractivity contribution in [2.75, 3.05) is 13.1 Å². The molecule has 2 atom stereocenters. The van der Waals surface area contributed by atoms with Crippen LogP contribution in [0.25, 0.3) is 11.0 Å². The van der Waals surface area contributed by atoms with E-state index in [0.29, 0.717) is 5.58 Å². The summed E-state index contributed by atoms with van der Waals surface area (Å²) in [6, 6.07) is 7.54. The minimum absolute atomic E-state index is 0.224. The number of fused-ring (bicyclic) bond motifs is 1. The number of hydrogen-bond acceptors (Lipinski definition) is 4. The van der Waals surface area contributed by atoms with Crippen LogP contribution in [0.1, 0.15) is 25.0 Å². The molecule has 112 valence electrons. The van der Waals surface area contributed by atoms with Gasteiger partial charge in [0, 0.05) is 31.1 Å². The lowest BCUT2D eigenvalue weighted by Crippen LogP contribution is -2.44. The molecule has 0 spiro atoms. The van der Waals surface area contributed by atoms with Gasteiger partial charge < -0.3 is 9.15 Å². The van der Waals surface area contributed by atoms with Crippen molar-refractivity contribution in [1.29, 1.82) is 0 Å². The van der Waals surface area contributed by atoms with Gasteiger partial charge >= 0.3 is 5.63 Å². The summed E-state index contributed by atoms with van der Waals surface area (Å²) in [5, 5.41) is 1.03. The van der Waals surface area contributed by atoms with Crippen molar-refractivity contribution in [2.24, 2.45) is 0 Å². The molecule has 0 radical (unpaired) electrons. The summed E-state index contributed by atoms with van der Waals surface area (Å²) in [5.74, 6) is 0. The Morgan fingerprint density at radius 3 is 2.62 bits per heavy atom. The number of nitrogens with zero attached hydrogens (tertiary/aromatic N) is 1. The average molecular weight is 287 g/mol. The van der Waals surface area contributed by atoms with Gasteiger partial charge in [-0.2, -0.15) is 0 Å². The van der Waals surface area contributed by atoms with Gasteiger partial charge in [-0.05, 0) is 38.5 Å². The van der Waals surface area contributed by atoms with E-state index >= 15 is 0 Å². The van der Waals surface area contributed by atoms with Crippen LogP contribution in [0.15, 0.2) is 33.5 Å². The lowest BCUT2D eigenvalue weighted by molar-refractivity contribution is -0.0704. The predicted octanol–water partition coefficient (Wildman–Crippen LogP) is 2.71. The van der Waals surface area contributed by atoms with Gasteiger partial charge in [0.25, 0.3) is 0 Å². The molecule has 0 N–H and O–H groups in total. The lowest BCUT2D eigenvalue weighted by atomic mass is 10.1. The summed E-state index contributed by atoms with van der Waals surface area (Å²) >= 11 is 0. The zero-order valence-corrected chi connectivity index (χ0v) is 12.8. The molecule has 2 heterocycles. The molecule has 21 heavy (non-hydrogen) atoms. The average Bonchev–Trinajstić information content (AvgIpc) is 2.38. The molecule has 0 aliphatic carbocycles. The maximum absolute atomic E-state index is 11.7. The highest BCUT2D eigenvalue weighted by molar-refractivity contribution is 5.80. The summed E-state index contributed by atoms with van der Waals surface area (Å²) < 4.78 is 11.1. The molecule has 4 nitrogen and oxygen atoms in total. The SMILES string of the molecule is Cc1ccc2oc(=O)cc(CN3C[C@@H](C)O[C@H](C)C3)c2c1. The Hall–Kier alpha value is -1.65. The molecule has 0 saturated carbocycles. The van der Waals surface area contributed by atoms with Crippen molar-refractivity contribution < 1.29 is 9.15 Å². The first-order valence-corrected chi connectivity index (χ1v) is 7.42. The van der Waals surface area contributed by atoms with E-state index in [4.69, 9.17) is 9.15 Å². The van der Waals surface area contributed by atoms with Crippen molar-refractivity contribution in [3.05, 3.63) is 45.8 Å². The van der Waals surface area contributed by atoms with Crippen LogP contribution in [0.5, 0.6) is 0 Å². The third-order valence-electron chi connectivity index (χ3n) is 3.87. The predicted molar refractivity (Wildman–Crippen MR) is 82.5 cm³/mol. The summed E-state index contributed by atoms with van der Waals surface area (Å²) in [6.07, 6.45) is 0.448. The van der Waals surface area contributed by atoms with Crippen LogP contribution in [0.4, 0.5) is 0 Å². The molecule has 0 unspecified atom stereocenters. The summed E-state index contributed by atoms with van der Waals surface area (Å²) in [4.78, 5) is 14.1. The van der Waals surface area contributed by atoms with E-state index in [1.54, 1.807) is 6.07 Å². The Labute approximate surface area is 124 Å². The smallest absolute Gasteiger partial charge is 0.336 e. The van der Waals surface area contributed by atoms with Gasteiger partial charge in [-0.1, -0.05) is 11.6 Å².